The van der Waals surface area contributed by atoms with Crippen LogP contribution in [0.1, 0.15) is 26.7 Å². The quantitative estimate of drug-likeness (QED) is 0.693. The van der Waals surface area contributed by atoms with E-state index in [0.29, 0.717) is 18.0 Å². The number of carbonyl (C=O) groups is 1. The Morgan fingerprint density at radius 1 is 1.16 bits per heavy atom. The van der Waals surface area contributed by atoms with Crippen molar-refractivity contribution >= 4 is 15.7 Å². The number of nitrogens with one attached hydrogen (secondary N) is 1. The van der Waals surface area contributed by atoms with E-state index < -0.39 is 9.84 Å². The number of aromatic nitrogens is 1. The maximum absolute atomic E-state index is 12.5. The first kappa shape index (κ1) is 23.0. The number of hydrogen-bond donors (Lipinski definition) is 1. The molecule has 0 unspecified atom stereocenters. The summed E-state index contributed by atoms with van der Waals surface area (Å²) in [6.07, 6.45) is 4.33. The zero-order valence-electron chi connectivity index (χ0n) is 18.1. The Morgan fingerprint density at radius 3 is 2.35 bits per heavy atom. The van der Waals surface area contributed by atoms with Gasteiger partial charge in [-0.3, -0.25) is 19.1 Å². The molecule has 0 bridgehead atoms. The van der Waals surface area contributed by atoms with Gasteiger partial charge in [-0.05, 0) is 57.0 Å². The average molecular weight is 448 g/mol. The Balaban J connectivity index is 1.58. The molecule has 0 saturated carbocycles. The van der Waals surface area contributed by atoms with Gasteiger partial charge in [0.15, 0.2) is 9.84 Å². The van der Waals surface area contributed by atoms with Gasteiger partial charge in [0.2, 0.25) is 5.91 Å². The number of carbonyl (C=O) groups excluding carboxylic acids is 1. The van der Waals surface area contributed by atoms with Gasteiger partial charge in [0, 0.05) is 43.3 Å². The van der Waals surface area contributed by atoms with Crippen LogP contribution in [0.2, 0.25) is 0 Å². The molecule has 1 aromatic carbocycles. The molecular weight excluding hydrogens is 418 g/mol. The largest absolute Gasteiger partial charge is 0.490 e. The van der Waals surface area contributed by atoms with Crippen molar-refractivity contribution in [1.29, 1.82) is 0 Å². The molecule has 0 atom stereocenters. The molecule has 9 heteroatoms. The average Bonchev–Trinajstić information content (AvgIpc) is 2.68. The second kappa shape index (κ2) is 9.65. The Labute approximate surface area is 182 Å². The van der Waals surface area contributed by atoms with Gasteiger partial charge < -0.3 is 10.1 Å². The summed E-state index contributed by atoms with van der Waals surface area (Å²) in [5, 5.41) is 2.90. The lowest BCUT2D eigenvalue weighted by Gasteiger charge is -2.31. The lowest BCUT2D eigenvalue weighted by atomic mass is 10.1. The van der Waals surface area contributed by atoms with E-state index in [9.17, 15) is 18.0 Å². The zero-order chi connectivity index (χ0) is 22.6. The molecule has 0 radical (unpaired) electrons. The summed E-state index contributed by atoms with van der Waals surface area (Å²) in [7, 11) is -3.28. The molecule has 8 nitrogen and oxygen atoms in total. The van der Waals surface area contributed by atoms with Crippen molar-refractivity contribution in [2.45, 2.75) is 43.7 Å². The molecule has 168 valence electrons. The third kappa shape index (κ3) is 6.41. The lowest BCUT2D eigenvalue weighted by Crippen LogP contribution is -2.45. The van der Waals surface area contributed by atoms with Gasteiger partial charge in [0.05, 0.1) is 11.4 Å². The van der Waals surface area contributed by atoms with Crippen molar-refractivity contribution in [2.24, 2.45) is 0 Å². The van der Waals surface area contributed by atoms with E-state index in [1.165, 1.54) is 22.8 Å². The Bertz CT molecular complexity index is 1070. The second-order valence-corrected chi connectivity index (χ2v) is 10.2. The molecule has 0 aliphatic carbocycles. The number of rotatable bonds is 7. The minimum absolute atomic E-state index is 0.00583. The number of sulfone groups is 1. The topological polar surface area (TPSA) is 97.7 Å². The molecule has 2 heterocycles. The summed E-state index contributed by atoms with van der Waals surface area (Å²) in [4.78, 5) is 26.7. The molecule has 31 heavy (non-hydrogen) atoms. The summed E-state index contributed by atoms with van der Waals surface area (Å²) in [6, 6.07) is 9.47. The van der Waals surface area contributed by atoms with Crippen molar-refractivity contribution in [3.8, 4) is 11.4 Å². The van der Waals surface area contributed by atoms with Gasteiger partial charge in [-0.15, -0.1) is 0 Å². The van der Waals surface area contributed by atoms with Crippen LogP contribution in [-0.4, -0.2) is 61.8 Å². The van der Waals surface area contributed by atoms with E-state index in [2.05, 4.69) is 10.2 Å². The number of hydrogen-bond acceptors (Lipinski definition) is 6. The van der Waals surface area contributed by atoms with Crippen molar-refractivity contribution in [2.75, 3.05) is 25.9 Å². The van der Waals surface area contributed by atoms with Crippen LogP contribution in [0.4, 0.5) is 0 Å². The molecule has 1 amide bonds. The van der Waals surface area contributed by atoms with Crippen LogP contribution in [0, 0.1) is 0 Å². The van der Waals surface area contributed by atoms with E-state index in [0.717, 1.165) is 32.2 Å². The highest BCUT2D eigenvalue weighted by Crippen LogP contribution is 2.19. The summed E-state index contributed by atoms with van der Waals surface area (Å²) in [6.45, 7) is 5.80. The van der Waals surface area contributed by atoms with E-state index >= 15 is 0 Å². The van der Waals surface area contributed by atoms with Gasteiger partial charge >= 0.3 is 0 Å². The fourth-order valence-corrected chi connectivity index (χ4v) is 4.18. The van der Waals surface area contributed by atoms with E-state index in [-0.39, 0.29) is 28.5 Å². The van der Waals surface area contributed by atoms with Crippen LogP contribution in [0.15, 0.2) is 52.3 Å². The predicted molar refractivity (Wildman–Crippen MR) is 119 cm³/mol. The maximum atomic E-state index is 12.5. The smallest absolute Gasteiger partial charge is 0.258 e. The molecular formula is C22H29N3O5S. The maximum Gasteiger partial charge on any atom is 0.258 e. The lowest BCUT2D eigenvalue weighted by molar-refractivity contribution is -0.123. The summed E-state index contributed by atoms with van der Waals surface area (Å²) in [5.74, 6) is 0.535. The zero-order valence-corrected chi connectivity index (χ0v) is 18.9. The Hall–Kier alpha value is -2.65. The van der Waals surface area contributed by atoms with E-state index in [4.69, 9.17) is 4.74 Å². The number of likely N-dealkylation sites (tertiary alicyclic amines) is 1. The van der Waals surface area contributed by atoms with E-state index in [1.807, 2.05) is 13.8 Å². The van der Waals surface area contributed by atoms with Gasteiger partial charge in [0.1, 0.15) is 11.9 Å². The number of amides is 1. The third-order valence-corrected chi connectivity index (χ3v) is 6.22. The van der Waals surface area contributed by atoms with Crippen LogP contribution < -0.4 is 15.6 Å². The van der Waals surface area contributed by atoms with Gasteiger partial charge in [-0.25, -0.2) is 8.42 Å². The van der Waals surface area contributed by atoms with E-state index in [1.54, 1.807) is 24.4 Å². The molecule has 0 spiro atoms. The molecule has 1 aromatic heterocycles. The van der Waals surface area contributed by atoms with Crippen LogP contribution in [0.3, 0.4) is 0 Å². The van der Waals surface area contributed by atoms with Crippen LogP contribution >= 0.6 is 0 Å². The van der Waals surface area contributed by atoms with Crippen molar-refractivity contribution in [1.82, 2.24) is 14.8 Å². The first-order valence-electron chi connectivity index (χ1n) is 10.3. The highest BCUT2D eigenvalue weighted by molar-refractivity contribution is 7.90. The molecule has 1 fully saturated rings. The SMILES string of the molecule is CC(C)NC(=O)CN1CCC(Oc2ccn(-c3ccc(S(C)(=O)=O)cc3)c(=O)c2)CC1. The minimum Gasteiger partial charge on any atom is -0.490 e. The van der Waals surface area contributed by atoms with Gasteiger partial charge in [-0.1, -0.05) is 0 Å². The summed E-state index contributed by atoms with van der Waals surface area (Å²) in [5.41, 5.74) is 0.323. The summed E-state index contributed by atoms with van der Waals surface area (Å²) < 4.78 is 30.6. The number of ether oxygens (including phenoxy) is 1. The van der Waals surface area contributed by atoms with Crippen LogP contribution in [-0.2, 0) is 14.6 Å². The summed E-state index contributed by atoms with van der Waals surface area (Å²) >= 11 is 0. The molecule has 1 aliphatic rings. The monoisotopic (exact) mass is 447 g/mol. The number of benzene rings is 1. The van der Waals surface area contributed by atoms with Crippen molar-refractivity contribution in [3.63, 3.8) is 0 Å². The normalized spacial score (nSPS) is 15.7. The van der Waals surface area contributed by atoms with Crippen molar-refractivity contribution in [3.05, 3.63) is 52.9 Å². The molecule has 1 N–H and O–H groups in total. The minimum atomic E-state index is -3.28. The Morgan fingerprint density at radius 2 is 1.81 bits per heavy atom. The molecule has 2 aromatic rings. The highest BCUT2D eigenvalue weighted by Gasteiger charge is 2.22. The third-order valence-electron chi connectivity index (χ3n) is 5.09. The highest BCUT2D eigenvalue weighted by atomic mass is 32.2. The van der Waals surface area contributed by atoms with Gasteiger partial charge in [0.25, 0.3) is 5.56 Å². The molecule has 1 saturated heterocycles. The molecule has 1 aliphatic heterocycles. The number of piperidine rings is 1. The standard InChI is InChI=1S/C22H29N3O5S/c1-16(2)23-21(26)15-24-11-8-18(9-12-24)30-19-10-13-25(22(27)14-19)17-4-6-20(7-5-17)31(3,28)29/h4-7,10,13-14,16,18H,8-9,11-12,15H2,1-3H3,(H,23,26). The first-order valence-corrected chi connectivity index (χ1v) is 12.2. The Kier molecular flexibility index (Phi) is 7.17. The van der Waals surface area contributed by atoms with Crippen LogP contribution in [0.25, 0.3) is 5.69 Å². The fraction of sp³-hybridized carbons (Fsp3) is 0.455. The predicted octanol–water partition coefficient (Wildman–Crippen LogP) is 1.61. The van der Waals surface area contributed by atoms with Crippen molar-refractivity contribution < 1.29 is 17.9 Å². The number of pyridine rings is 1. The van der Waals surface area contributed by atoms with Crippen LogP contribution in [0.5, 0.6) is 5.75 Å². The number of nitrogens with zero attached hydrogens (tertiary/aromatic N) is 2. The van der Waals surface area contributed by atoms with Gasteiger partial charge in [-0.2, -0.15) is 0 Å². The first-order chi connectivity index (χ1) is 14.6. The molecule has 3 rings (SSSR count). The second-order valence-electron chi connectivity index (χ2n) is 8.15. The fourth-order valence-electron chi connectivity index (χ4n) is 3.55.